The maximum absolute atomic E-state index is 14.3. The molecule has 3 aromatic heterocycles. The topological polar surface area (TPSA) is 83.6 Å². The van der Waals surface area contributed by atoms with Crippen molar-refractivity contribution in [2.45, 2.75) is 6.92 Å². The first-order valence-electron chi connectivity index (χ1n) is 7.29. The van der Waals surface area contributed by atoms with Gasteiger partial charge in [-0.15, -0.1) is 0 Å². The van der Waals surface area contributed by atoms with Crippen LogP contribution in [0.25, 0.3) is 22.1 Å². The first-order chi connectivity index (χ1) is 11.6. The lowest BCUT2D eigenvalue weighted by Crippen LogP contribution is -2.14. The minimum atomic E-state index is -0.616. The number of carbonyl (C=O) groups is 1. The lowest BCUT2D eigenvalue weighted by molar-refractivity contribution is 0.102. The third-order valence-corrected chi connectivity index (χ3v) is 3.68. The van der Waals surface area contributed by atoms with Gasteiger partial charge in [-0.3, -0.25) is 14.8 Å². The first-order valence-corrected chi connectivity index (χ1v) is 7.29. The highest BCUT2D eigenvalue weighted by Gasteiger charge is 2.16. The molecule has 4 aromatic rings. The molecule has 0 atom stereocenters. The number of aromatic amines is 1. The Labute approximate surface area is 135 Å². The second kappa shape index (κ2) is 5.38. The number of fused-ring (bicyclic) bond motifs is 2. The molecule has 2 N–H and O–H groups in total. The van der Waals surface area contributed by atoms with E-state index in [2.05, 4.69) is 25.3 Å². The number of aryl methyl sites for hydroxylation is 1. The maximum atomic E-state index is 14.3. The van der Waals surface area contributed by atoms with Crippen LogP contribution in [0.2, 0.25) is 0 Å². The zero-order valence-electron chi connectivity index (χ0n) is 12.7. The number of hydrogen-bond donors (Lipinski definition) is 2. The van der Waals surface area contributed by atoms with Crippen LogP contribution in [0.1, 0.15) is 16.2 Å². The number of anilines is 1. The number of rotatable bonds is 2. The number of aromatic nitrogens is 4. The molecule has 24 heavy (non-hydrogen) atoms. The molecule has 0 bridgehead atoms. The van der Waals surface area contributed by atoms with Crippen molar-refractivity contribution in [1.82, 2.24) is 19.9 Å². The van der Waals surface area contributed by atoms with Gasteiger partial charge >= 0.3 is 0 Å². The number of nitrogens with one attached hydrogen (secondary N) is 2. The van der Waals surface area contributed by atoms with E-state index >= 15 is 0 Å². The summed E-state index contributed by atoms with van der Waals surface area (Å²) < 4.78 is 14.3. The molecule has 0 saturated carbocycles. The Kier molecular flexibility index (Phi) is 3.19. The molecule has 0 radical (unpaired) electrons. The standard InChI is InChI=1S/C17H12FN5O/c1-9-21-14-7-10(11(18)8-15(14)22-9)17(24)23-13-4-6-19-12-3-2-5-20-16(12)13/h2-8H,1H3,(H,21,22)(H,19,23,24). The average Bonchev–Trinajstić information content (AvgIpc) is 2.93. The van der Waals surface area contributed by atoms with Gasteiger partial charge in [-0.1, -0.05) is 0 Å². The van der Waals surface area contributed by atoms with Gasteiger partial charge in [0.25, 0.3) is 5.91 Å². The molecule has 4 rings (SSSR count). The van der Waals surface area contributed by atoms with Crippen molar-refractivity contribution in [3.05, 3.63) is 59.9 Å². The zero-order chi connectivity index (χ0) is 16.7. The number of benzene rings is 1. The van der Waals surface area contributed by atoms with Crippen molar-refractivity contribution in [3.63, 3.8) is 0 Å². The van der Waals surface area contributed by atoms with Crippen LogP contribution in [-0.2, 0) is 0 Å². The third-order valence-electron chi connectivity index (χ3n) is 3.68. The molecule has 0 saturated heterocycles. The number of carbonyl (C=O) groups excluding carboxylic acids is 1. The van der Waals surface area contributed by atoms with Gasteiger partial charge in [0.05, 0.1) is 27.8 Å². The first kappa shape index (κ1) is 14.3. The van der Waals surface area contributed by atoms with Gasteiger partial charge in [0, 0.05) is 18.5 Å². The normalized spacial score (nSPS) is 11.1. The fourth-order valence-corrected chi connectivity index (χ4v) is 2.60. The largest absolute Gasteiger partial charge is 0.342 e. The van der Waals surface area contributed by atoms with Crippen molar-refractivity contribution in [2.24, 2.45) is 0 Å². The number of nitrogens with zero attached hydrogens (tertiary/aromatic N) is 3. The number of imidazole rings is 1. The van der Waals surface area contributed by atoms with E-state index < -0.39 is 11.7 Å². The highest BCUT2D eigenvalue weighted by atomic mass is 19.1. The van der Waals surface area contributed by atoms with E-state index in [-0.39, 0.29) is 5.56 Å². The van der Waals surface area contributed by atoms with Crippen molar-refractivity contribution < 1.29 is 9.18 Å². The summed E-state index contributed by atoms with van der Waals surface area (Å²) in [7, 11) is 0. The van der Waals surface area contributed by atoms with Gasteiger partial charge in [0.2, 0.25) is 0 Å². The van der Waals surface area contributed by atoms with Crippen LogP contribution in [0.3, 0.4) is 0 Å². The molecule has 118 valence electrons. The molecule has 3 heterocycles. The Hall–Kier alpha value is -3.35. The Morgan fingerprint density at radius 3 is 2.92 bits per heavy atom. The van der Waals surface area contributed by atoms with Crippen LogP contribution in [0.5, 0.6) is 0 Å². The lowest BCUT2D eigenvalue weighted by atomic mass is 10.1. The molecule has 1 amide bonds. The van der Waals surface area contributed by atoms with Gasteiger partial charge < -0.3 is 10.3 Å². The summed E-state index contributed by atoms with van der Waals surface area (Å²) in [5.41, 5.74) is 2.69. The van der Waals surface area contributed by atoms with Gasteiger partial charge in [-0.25, -0.2) is 9.37 Å². The average molecular weight is 321 g/mol. The predicted octanol–water partition coefficient (Wildman–Crippen LogP) is 3.21. The second-order valence-corrected chi connectivity index (χ2v) is 5.36. The van der Waals surface area contributed by atoms with E-state index in [1.54, 1.807) is 37.5 Å². The summed E-state index contributed by atoms with van der Waals surface area (Å²) in [5, 5.41) is 2.69. The molecule has 6 nitrogen and oxygen atoms in total. The summed E-state index contributed by atoms with van der Waals surface area (Å²) in [6.45, 7) is 1.77. The Morgan fingerprint density at radius 1 is 1.17 bits per heavy atom. The quantitative estimate of drug-likeness (QED) is 0.594. The summed E-state index contributed by atoms with van der Waals surface area (Å²) in [6, 6.07) is 7.88. The Balaban J connectivity index is 1.74. The fraction of sp³-hybridized carbons (Fsp3) is 0.0588. The Bertz CT molecular complexity index is 1080. The Morgan fingerprint density at radius 2 is 2.04 bits per heavy atom. The summed E-state index contributed by atoms with van der Waals surface area (Å²) in [4.78, 5) is 28.1. The number of H-pyrrole nitrogens is 1. The molecule has 0 spiro atoms. The van der Waals surface area contributed by atoms with Crippen LogP contribution < -0.4 is 5.32 Å². The molecule has 0 aliphatic rings. The minimum Gasteiger partial charge on any atom is -0.342 e. The molecular weight excluding hydrogens is 309 g/mol. The SMILES string of the molecule is Cc1nc2cc(C(=O)Nc3ccnc4cccnc34)c(F)cc2[nH]1. The summed E-state index contributed by atoms with van der Waals surface area (Å²) in [5.74, 6) is -0.519. The van der Waals surface area contributed by atoms with Crippen molar-refractivity contribution >= 4 is 33.7 Å². The molecule has 0 unspecified atom stereocenters. The van der Waals surface area contributed by atoms with Crippen molar-refractivity contribution in [1.29, 1.82) is 0 Å². The number of halogens is 1. The van der Waals surface area contributed by atoms with E-state index in [9.17, 15) is 9.18 Å². The number of pyridine rings is 2. The fourth-order valence-electron chi connectivity index (χ4n) is 2.60. The smallest absolute Gasteiger partial charge is 0.258 e. The molecule has 0 aliphatic carbocycles. The molecular formula is C17H12FN5O. The summed E-state index contributed by atoms with van der Waals surface area (Å²) >= 11 is 0. The van der Waals surface area contributed by atoms with Crippen LogP contribution >= 0.6 is 0 Å². The van der Waals surface area contributed by atoms with E-state index in [4.69, 9.17) is 0 Å². The van der Waals surface area contributed by atoms with Crippen molar-refractivity contribution in [2.75, 3.05) is 5.32 Å². The maximum Gasteiger partial charge on any atom is 0.258 e. The monoisotopic (exact) mass is 321 g/mol. The van der Waals surface area contributed by atoms with Crippen LogP contribution in [0.4, 0.5) is 10.1 Å². The van der Waals surface area contributed by atoms with E-state index in [0.29, 0.717) is 33.6 Å². The molecule has 0 fully saturated rings. The van der Waals surface area contributed by atoms with Crippen molar-refractivity contribution in [3.8, 4) is 0 Å². The van der Waals surface area contributed by atoms with Gasteiger partial charge in [-0.2, -0.15) is 0 Å². The minimum absolute atomic E-state index is 0.0742. The van der Waals surface area contributed by atoms with Crippen LogP contribution in [0, 0.1) is 12.7 Å². The van der Waals surface area contributed by atoms with Gasteiger partial charge in [0.15, 0.2) is 0 Å². The number of hydrogen-bond acceptors (Lipinski definition) is 4. The number of amides is 1. The van der Waals surface area contributed by atoms with E-state index in [1.807, 2.05) is 0 Å². The highest BCUT2D eigenvalue weighted by molar-refractivity contribution is 6.09. The second-order valence-electron chi connectivity index (χ2n) is 5.36. The lowest BCUT2D eigenvalue weighted by Gasteiger charge is -2.08. The van der Waals surface area contributed by atoms with Gasteiger partial charge in [-0.05, 0) is 31.2 Å². The van der Waals surface area contributed by atoms with Crippen LogP contribution in [-0.4, -0.2) is 25.8 Å². The summed E-state index contributed by atoms with van der Waals surface area (Å²) in [6.07, 6.45) is 3.18. The van der Waals surface area contributed by atoms with E-state index in [1.165, 1.54) is 12.1 Å². The van der Waals surface area contributed by atoms with E-state index in [0.717, 1.165) is 0 Å². The molecule has 1 aromatic carbocycles. The molecule has 7 heteroatoms. The van der Waals surface area contributed by atoms with Gasteiger partial charge in [0.1, 0.15) is 17.2 Å². The van der Waals surface area contributed by atoms with Crippen LogP contribution in [0.15, 0.2) is 42.7 Å². The zero-order valence-corrected chi connectivity index (χ0v) is 12.7. The third kappa shape index (κ3) is 2.36. The highest BCUT2D eigenvalue weighted by Crippen LogP contribution is 2.22. The molecule has 0 aliphatic heterocycles. The predicted molar refractivity (Wildman–Crippen MR) is 88.3 cm³/mol.